The summed E-state index contributed by atoms with van der Waals surface area (Å²) < 4.78 is 0. The van der Waals surface area contributed by atoms with Crippen molar-refractivity contribution in [1.82, 2.24) is 5.32 Å². The lowest BCUT2D eigenvalue weighted by molar-refractivity contribution is -0.119. The minimum Gasteiger partial charge on any atom is -0.385 e. The van der Waals surface area contributed by atoms with E-state index in [4.69, 9.17) is 0 Å². The van der Waals surface area contributed by atoms with Crippen molar-refractivity contribution in [3.63, 3.8) is 0 Å². The summed E-state index contributed by atoms with van der Waals surface area (Å²) in [5.74, 6) is 0.0539. The van der Waals surface area contributed by atoms with Crippen LogP contribution >= 0.6 is 0 Å². The van der Waals surface area contributed by atoms with E-state index in [1.54, 1.807) is 7.05 Å². The zero-order valence-electron chi connectivity index (χ0n) is 11.1. The first-order valence-corrected chi connectivity index (χ1v) is 6.57. The summed E-state index contributed by atoms with van der Waals surface area (Å²) >= 11 is 0. The molecule has 2 rings (SSSR count). The molecule has 0 fully saturated rings. The first-order valence-electron chi connectivity index (χ1n) is 6.57. The molecule has 4 nitrogen and oxygen atoms in total. The topological polar surface area (TPSA) is 44.4 Å². The zero-order chi connectivity index (χ0) is 13.0. The van der Waals surface area contributed by atoms with Gasteiger partial charge in [-0.25, -0.2) is 0 Å². The van der Waals surface area contributed by atoms with Gasteiger partial charge < -0.3 is 15.5 Å². The van der Waals surface area contributed by atoms with Gasteiger partial charge in [0.1, 0.15) is 0 Å². The molecule has 0 aromatic heterocycles. The van der Waals surface area contributed by atoms with Gasteiger partial charge in [0.25, 0.3) is 0 Å². The SMILES string of the molecule is CCN(CC(=O)NC)c1cccc2c1CCCN2. The van der Waals surface area contributed by atoms with Crippen molar-refractivity contribution in [3.8, 4) is 0 Å². The fraction of sp³-hybridized carbons (Fsp3) is 0.500. The molecule has 0 atom stereocenters. The summed E-state index contributed by atoms with van der Waals surface area (Å²) in [6.45, 7) is 4.38. The van der Waals surface area contributed by atoms with Crippen LogP contribution in [-0.4, -0.2) is 32.6 Å². The molecule has 0 unspecified atom stereocenters. The number of hydrogen-bond donors (Lipinski definition) is 2. The van der Waals surface area contributed by atoms with E-state index < -0.39 is 0 Å². The van der Waals surface area contributed by atoms with Crippen molar-refractivity contribution in [1.29, 1.82) is 0 Å². The molecule has 18 heavy (non-hydrogen) atoms. The van der Waals surface area contributed by atoms with Crippen LogP contribution in [0.2, 0.25) is 0 Å². The number of amides is 1. The summed E-state index contributed by atoms with van der Waals surface area (Å²) in [6.07, 6.45) is 2.24. The number of benzene rings is 1. The number of fused-ring (bicyclic) bond motifs is 1. The number of carbonyl (C=O) groups excluding carboxylic acids is 1. The van der Waals surface area contributed by atoms with Gasteiger partial charge in [0.2, 0.25) is 5.91 Å². The van der Waals surface area contributed by atoms with Crippen molar-refractivity contribution < 1.29 is 4.79 Å². The van der Waals surface area contributed by atoms with Gasteiger partial charge in [-0.1, -0.05) is 6.07 Å². The van der Waals surface area contributed by atoms with Crippen LogP contribution in [0.5, 0.6) is 0 Å². The van der Waals surface area contributed by atoms with Crippen LogP contribution in [-0.2, 0) is 11.2 Å². The Hall–Kier alpha value is -1.71. The molecular weight excluding hydrogens is 226 g/mol. The summed E-state index contributed by atoms with van der Waals surface area (Å²) in [5.41, 5.74) is 3.74. The molecule has 0 spiro atoms. The van der Waals surface area contributed by atoms with E-state index in [0.717, 1.165) is 25.9 Å². The van der Waals surface area contributed by atoms with Gasteiger partial charge in [0.05, 0.1) is 6.54 Å². The molecule has 0 aliphatic carbocycles. The van der Waals surface area contributed by atoms with Gasteiger partial charge in [-0.3, -0.25) is 4.79 Å². The molecule has 0 saturated carbocycles. The Morgan fingerprint density at radius 1 is 1.50 bits per heavy atom. The smallest absolute Gasteiger partial charge is 0.239 e. The molecule has 98 valence electrons. The first-order chi connectivity index (χ1) is 8.76. The van der Waals surface area contributed by atoms with Gasteiger partial charge in [-0.2, -0.15) is 0 Å². The highest BCUT2D eigenvalue weighted by Gasteiger charge is 2.17. The minimum atomic E-state index is 0.0539. The Kier molecular flexibility index (Phi) is 4.07. The minimum absolute atomic E-state index is 0.0539. The highest BCUT2D eigenvalue weighted by Crippen LogP contribution is 2.31. The molecule has 1 aromatic rings. The molecule has 0 saturated heterocycles. The van der Waals surface area contributed by atoms with Crippen molar-refractivity contribution in [2.75, 3.05) is 36.9 Å². The summed E-state index contributed by atoms with van der Waals surface area (Å²) in [4.78, 5) is 13.7. The maximum atomic E-state index is 11.6. The van der Waals surface area contributed by atoms with Crippen LogP contribution < -0.4 is 15.5 Å². The maximum Gasteiger partial charge on any atom is 0.239 e. The highest BCUT2D eigenvalue weighted by atomic mass is 16.1. The van der Waals surface area contributed by atoms with Crippen molar-refractivity contribution >= 4 is 17.3 Å². The third-order valence-electron chi connectivity index (χ3n) is 3.41. The average molecular weight is 247 g/mol. The van der Waals surface area contributed by atoms with Gasteiger partial charge in [0, 0.05) is 31.5 Å². The van der Waals surface area contributed by atoms with Crippen LogP contribution in [0, 0.1) is 0 Å². The van der Waals surface area contributed by atoms with E-state index in [1.807, 2.05) is 0 Å². The molecule has 0 bridgehead atoms. The predicted molar refractivity (Wildman–Crippen MR) is 75.2 cm³/mol. The predicted octanol–water partition coefficient (Wildman–Crippen LogP) is 1.62. The highest BCUT2D eigenvalue weighted by molar-refractivity contribution is 5.82. The second kappa shape index (κ2) is 5.76. The van der Waals surface area contributed by atoms with Crippen LogP contribution in [0.25, 0.3) is 0 Å². The Bertz CT molecular complexity index is 431. The number of nitrogens with one attached hydrogen (secondary N) is 2. The number of likely N-dealkylation sites (N-methyl/N-ethyl adjacent to an activating group) is 2. The average Bonchev–Trinajstić information content (AvgIpc) is 2.44. The number of nitrogens with zero attached hydrogens (tertiary/aromatic N) is 1. The molecule has 1 aliphatic rings. The third kappa shape index (κ3) is 2.58. The second-order valence-corrected chi connectivity index (χ2v) is 4.52. The van der Waals surface area contributed by atoms with Crippen molar-refractivity contribution in [2.45, 2.75) is 19.8 Å². The van der Waals surface area contributed by atoms with E-state index in [1.165, 1.54) is 16.9 Å². The van der Waals surface area contributed by atoms with E-state index >= 15 is 0 Å². The Morgan fingerprint density at radius 2 is 2.33 bits per heavy atom. The molecule has 4 heteroatoms. The second-order valence-electron chi connectivity index (χ2n) is 4.52. The van der Waals surface area contributed by atoms with Crippen molar-refractivity contribution in [3.05, 3.63) is 23.8 Å². The summed E-state index contributed by atoms with van der Waals surface area (Å²) in [7, 11) is 1.68. The monoisotopic (exact) mass is 247 g/mol. The van der Waals surface area contributed by atoms with E-state index in [2.05, 4.69) is 40.7 Å². The number of carbonyl (C=O) groups is 1. The fourth-order valence-electron chi connectivity index (χ4n) is 2.41. The normalized spacial score (nSPS) is 13.4. The van der Waals surface area contributed by atoms with Crippen LogP contribution in [0.15, 0.2) is 18.2 Å². The maximum absolute atomic E-state index is 11.6. The Labute approximate surface area is 108 Å². The van der Waals surface area contributed by atoms with E-state index in [0.29, 0.717) is 6.54 Å². The number of hydrogen-bond acceptors (Lipinski definition) is 3. The fourth-order valence-corrected chi connectivity index (χ4v) is 2.41. The lowest BCUT2D eigenvalue weighted by Crippen LogP contribution is -2.36. The summed E-state index contributed by atoms with van der Waals surface area (Å²) in [6, 6.07) is 6.28. The standard InChI is InChI=1S/C14H21N3O/c1-3-17(10-14(18)15-2)13-8-4-7-12-11(13)6-5-9-16-12/h4,7-8,16H,3,5-6,9-10H2,1-2H3,(H,15,18). The molecular formula is C14H21N3O. The summed E-state index contributed by atoms with van der Waals surface area (Å²) in [5, 5.41) is 6.11. The lowest BCUT2D eigenvalue weighted by atomic mass is 10.0. The molecule has 1 aromatic carbocycles. The van der Waals surface area contributed by atoms with Crippen LogP contribution in [0.4, 0.5) is 11.4 Å². The molecule has 2 N–H and O–H groups in total. The van der Waals surface area contributed by atoms with Gasteiger partial charge in [-0.05, 0) is 37.5 Å². The molecule has 1 heterocycles. The number of anilines is 2. The zero-order valence-corrected chi connectivity index (χ0v) is 11.1. The Morgan fingerprint density at radius 3 is 3.06 bits per heavy atom. The van der Waals surface area contributed by atoms with Crippen LogP contribution in [0.1, 0.15) is 18.9 Å². The largest absolute Gasteiger partial charge is 0.385 e. The van der Waals surface area contributed by atoms with Crippen molar-refractivity contribution in [2.24, 2.45) is 0 Å². The van der Waals surface area contributed by atoms with Gasteiger partial charge in [0.15, 0.2) is 0 Å². The lowest BCUT2D eigenvalue weighted by Gasteiger charge is -2.28. The third-order valence-corrected chi connectivity index (χ3v) is 3.41. The molecule has 0 radical (unpaired) electrons. The first kappa shape index (κ1) is 12.7. The van der Waals surface area contributed by atoms with E-state index in [9.17, 15) is 4.79 Å². The Balaban J connectivity index is 2.27. The quantitative estimate of drug-likeness (QED) is 0.849. The number of rotatable bonds is 4. The van der Waals surface area contributed by atoms with Gasteiger partial charge >= 0.3 is 0 Å². The molecule has 1 aliphatic heterocycles. The van der Waals surface area contributed by atoms with E-state index in [-0.39, 0.29) is 5.91 Å². The van der Waals surface area contributed by atoms with Gasteiger partial charge in [-0.15, -0.1) is 0 Å². The molecule has 1 amide bonds. The van der Waals surface area contributed by atoms with Crippen LogP contribution in [0.3, 0.4) is 0 Å².